The maximum atomic E-state index is 14.2. The standard InChI is InChI=1S/C23H26ClF2N5O4S/c1-36(34,31-23(32)33)13-14-8-16(27)11-17(9-14)28-6-2-3-7-35-20-10-15(25)4-5-18(20)21-19(26)12-29-22(24)30-21/h4-5,8-12,28,36H,2-3,6-7,13,27H2,1H3,(H,31,34)(H,32,33). The highest BCUT2D eigenvalue weighted by Gasteiger charge is 2.15. The van der Waals surface area contributed by atoms with Gasteiger partial charge >= 0.3 is 6.09 Å². The van der Waals surface area contributed by atoms with Crippen LogP contribution >= 0.6 is 11.6 Å². The maximum Gasteiger partial charge on any atom is 0.437 e. The molecule has 13 heteroatoms. The van der Waals surface area contributed by atoms with E-state index >= 15 is 0 Å². The normalized spacial score (nSPS) is 11.7. The number of carboxylic acid groups (broad SMARTS) is 1. The van der Waals surface area contributed by atoms with Crippen LogP contribution in [-0.4, -0.2) is 45.1 Å². The molecule has 3 aromatic rings. The third-order valence-corrected chi connectivity index (χ3v) is 6.62. The lowest BCUT2D eigenvalue weighted by atomic mass is 10.1. The summed E-state index contributed by atoms with van der Waals surface area (Å²) in [6, 6.07) is 8.87. The first kappa shape index (κ1) is 27.2. The number of thiol groups is 1. The van der Waals surface area contributed by atoms with E-state index in [4.69, 9.17) is 27.2 Å². The number of nitrogens with zero attached hydrogens (tertiary/aromatic N) is 3. The van der Waals surface area contributed by atoms with Gasteiger partial charge in [-0.2, -0.15) is 4.36 Å². The van der Waals surface area contributed by atoms with Gasteiger partial charge in [-0.3, -0.25) is 0 Å². The first-order valence-corrected chi connectivity index (χ1v) is 13.5. The van der Waals surface area contributed by atoms with E-state index < -0.39 is 27.8 Å². The Morgan fingerprint density at radius 3 is 2.78 bits per heavy atom. The van der Waals surface area contributed by atoms with Gasteiger partial charge in [0.2, 0.25) is 5.28 Å². The Labute approximate surface area is 212 Å². The Bertz CT molecular complexity index is 1310. The number of halogens is 3. The summed E-state index contributed by atoms with van der Waals surface area (Å²) in [5.41, 5.74) is 7.96. The van der Waals surface area contributed by atoms with E-state index in [0.29, 0.717) is 36.3 Å². The second kappa shape index (κ2) is 12.1. The molecule has 0 radical (unpaired) electrons. The molecule has 1 heterocycles. The van der Waals surface area contributed by atoms with Gasteiger partial charge in [0.25, 0.3) is 0 Å². The van der Waals surface area contributed by atoms with Gasteiger partial charge in [0, 0.05) is 35.3 Å². The Balaban J connectivity index is 1.55. The quantitative estimate of drug-likeness (QED) is 0.101. The Hall–Kier alpha value is -3.35. The van der Waals surface area contributed by atoms with E-state index in [1.165, 1.54) is 18.4 Å². The first-order valence-electron chi connectivity index (χ1n) is 10.8. The lowest BCUT2D eigenvalue weighted by Crippen LogP contribution is -2.13. The van der Waals surface area contributed by atoms with Crippen molar-refractivity contribution in [2.75, 3.05) is 30.5 Å². The highest BCUT2D eigenvalue weighted by atomic mass is 35.5. The molecule has 0 aliphatic rings. The van der Waals surface area contributed by atoms with E-state index in [0.717, 1.165) is 12.3 Å². The minimum absolute atomic E-state index is 0.0817. The fourth-order valence-electron chi connectivity index (χ4n) is 3.46. The smallest absolute Gasteiger partial charge is 0.437 e. The summed E-state index contributed by atoms with van der Waals surface area (Å²) in [6.45, 7) is 0.800. The fraction of sp³-hybridized carbons (Fsp3) is 0.261. The van der Waals surface area contributed by atoms with Crippen LogP contribution in [0.1, 0.15) is 18.4 Å². The molecule has 3 rings (SSSR count). The van der Waals surface area contributed by atoms with Gasteiger partial charge in [0.05, 0.1) is 12.8 Å². The lowest BCUT2D eigenvalue weighted by molar-refractivity contribution is 0.206. The van der Waals surface area contributed by atoms with Crippen molar-refractivity contribution in [1.82, 2.24) is 9.97 Å². The number of anilines is 2. The molecule has 1 aromatic heterocycles. The fourth-order valence-corrected chi connectivity index (χ4v) is 4.91. The van der Waals surface area contributed by atoms with Gasteiger partial charge in [0.1, 0.15) is 17.3 Å². The van der Waals surface area contributed by atoms with E-state index in [1.54, 1.807) is 18.2 Å². The van der Waals surface area contributed by atoms with Gasteiger partial charge in [-0.25, -0.2) is 23.5 Å². The average molecular weight is 542 g/mol. The molecule has 194 valence electrons. The number of ether oxygens (including phenoxy) is 1. The number of nitrogens with two attached hydrogens (primary N) is 1. The molecular formula is C23H26ClF2N5O4S. The zero-order valence-electron chi connectivity index (χ0n) is 19.3. The number of hydrogen-bond acceptors (Lipinski definition) is 6. The molecule has 0 saturated carbocycles. The number of benzene rings is 2. The first-order chi connectivity index (χ1) is 17.0. The van der Waals surface area contributed by atoms with Crippen molar-refractivity contribution in [3.8, 4) is 17.0 Å². The van der Waals surface area contributed by atoms with Crippen LogP contribution in [0.2, 0.25) is 5.28 Å². The summed E-state index contributed by atoms with van der Waals surface area (Å²) in [6.07, 6.45) is 2.23. The largest absolute Gasteiger partial charge is 0.493 e. The number of hydrogen-bond donors (Lipinski definition) is 5. The Morgan fingerprint density at radius 1 is 1.25 bits per heavy atom. The summed E-state index contributed by atoms with van der Waals surface area (Å²) >= 11 is 5.78. The number of aromatic nitrogens is 2. The molecule has 5 N–H and O–H groups in total. The number of rotatable bonds is 10. The Kier molecular flexibility index (Phi) is 9.13. The molecule has 0 aliphatic carbocycles. The van der Waals surface area contributed by atoms with Crippen molar-refractivity contribution in [3.63, 3.8) is 0 Å². The topological polar surface area (TPSA) is 143 Å². The van der Waals surface area contributed by atoms with Gasteiger partial charge in [-0.05, 0) is 66.6 Å². The Morgan fingerprint density at radius 2 is 2.03 bits per heavy atom. The maximum absolute atomic E-state index is 14.2. The third kappa shape index (κ3) is 8.11. The highest BCUT2D eigenvalue weighted by Crippen LogP contribution is 2.32. The van der Waals surface area contributed by atoms with Crippen LogP contribution in [0.5, 0.6) is 5.75 Å². The van der Waals surface area contributed by atoms with Crippen LogP contribution in [0.4, 0.5) is 25.0 Å². The minimum Gasteiger partial charge on any atom is -0.493 e. The number of unbranched alkanes of at least 4 members (excludes halogenated alkanes) is 1. The van der Waals surface area contributed by atoms with E-state index in [9.17, 15) is 18.1 Å². The van der Waals surface area contributed by atoms with Crippen molar-refractivity contribution in [3.05, 3.63) is 65.1 Å². The lowest BCUT2D eigenvalue weighted by Gasteiger charge is -2.18. The number of carbonyl (C=O) groups is 1. The van der Waals surface area contributed by atoms with Crippen LogP contribution < -0.4 is 15.8 Å². The monoisotopic (exact) mass is 541 g/mol. The number of nitrogens with one attached hydrogen (secondary N) is 1. The van der Waals surface area contributed by atoms with Crippen LogP contribution in [-0.2, 0) is 15.9 Å². The predicted octanol–water partition coefficient (Wildman–Crippen LogP) is 5.28. The van der Waals surface area contributed by atoms with Crippen molar-refractivity contribution >= 4 is 39.2 Å². The molecule has 0 bridgehead atoms. The van der Waals surface area contributed by atoms with Crippen molar-refractivity contribution in [2.45, 2.75) is 18.6 Å². The van der Waals surface area contributed by atoms with Gasteiger partial charge in [-0.1, -0.05) is 10.1 Å². The van der Waals surface area contributed by atoms with Crippen LogP contribution in [0.3, 0.4) is 0 Å². The molecule has 0 spiro atoms. The summed E-state index contributed by atoms with van der Waals surface area (Å²) in [7, 11) is -3.01. The van der Waals surface area contributed by atoms with Crippen molar-refractivity contribution in [1.29, 1.82) is 0 Å². The van der Waals surface area contributed by atoms with Gasteiger partial charge in [0.15, 0.2) is 5.82 Å². The van der Waals surface area contributed by atoms with Gasteiger partial charge < -0.3 is 25.4 Å². The number of nitrogen functional groups attached to an aromatic ring is 1. The molecule has 0 fully saturated rings. The van der Waals surface area contributed by atoms with E-state index in [2.05, 4.69) is 19.6 Å². The highest BCUT2D eigenvalue weighted by molar-refractivity contribution is 7.98. The molecule has 9 nitrogen and oxygen atoms in total. The molecule has 0 atom stereocenters. The summed E-state index contributed by atoms with van der Waals surface area (Å²) in [4.78, 5) is 18.3. The van der Waals surface area contributed by atoms with Crippen LogP contribution in [0, 0.1) is 11.6 Å². The van der Waals surface area contributed by atoms with Crippen molar-refractivity contribution < 1.29 is 28.0 Å². The molecule has 0 unspecified atom stereocenters. The second-order valence-electron chi connectivity index (χ2n) is 8.05. The van der Waals surface area contributed by atoms with E-state index in [-0.39, 0.29) is 34.7 Å². The molecular weight excluding hydrogens is 516 g/mol. The minimum atomic E-state index is -3.01. The molecule has 1 amide bonds. The zero-order chi connectivity index (χ0) is 26.3. The summed E-state index contributed by atoms with van der Waals surface area (Å²) in [5.74, 6) is -1.02. The van der Waals surface area contributed by atoms with Crippen LogP contribution in [0.25, 0.3) is 11.3 Å². The summed E-state index contributed by atoms with van der Waals surface area (Å²) in [5, 5.41) is 11.9. The van der Waals surface area contributed by atoms with Gasteiger partial charge in [-0.15, -0.1) is 0 Å². The predicted molar refractivity (Wildman–Crippen MR) is 138 cm³/mol. The zero-order valence-corrected chi connectivity index (χ0v) is 20.9. The molecule has 0 saturated heterocycles. The third-order valence-electron chi connectivity index (χ3n) is 4.87. The number of amides is 1. The average Bonchev–Trinajstić information content (AvgIpc) is 2.76. The summed E-state index contributed by atoms with van der Waals surface area (Å²) < 4.78 is 47.3. The molecule has 2 aromatic carbocycles. The second-order valence-corrected chi connectivity index (χ2v) is 11.1. The van der Waals surface area contributed by atoms with E-state index in [1.807, 2.05) is 0 Å². The van der Waals surface area contributed by atoms with Crippen LogP contribution in [0.15, 0.2) is 47.0 Å². The SMILES string of the molecule is C[SH](O)(Cc1cc(N)cc(NCCCCOc2cc(F)ccc2-c2nc(Cl)ncc2F)c1)=NC(=O)O. The molecule has 36 heavy (non-hydrogen) atoms. The molecule has 0 aliphatic heterocycles. The van der Waals surface area contributed by atoms with Crippen molar-refractivity contribution in [2.24, 2.45) is 4.36 Å².